The molecule has 1 atom stereocenters. The fourth-order valence-corrected chi connectivity index (χ4v) is 3.55. The Morgan fingerprint density at radius 1 is 0.950 bits per heavy atom. The Labute approximate surface area is 125 Å². The van der Waals surface area contributed by atoms with Gasteiger partial charge in [0, 0.05) is 0 Å². The summed E-state index contributed by atoms with van der Waals surface area (Å²) in [7, 11) is 0.778. The van der Waals surface area contributed by atoms with Gasteiger partial charge < -0.3 is 0 Å². The standard InChI is InChI=1S/C19H25P/c1-15(2)7-6-9-17-8-4-5-10-19(17)20-18-13-11-16(3)12-14-18/h4-5,8,10-15,20H,6-7,9H2,1-3H3. The van der Waals surface area contributed by atoms with Crippen molar-refractivity contribution >= 4 is 19.2 Å². The molecule has 0 fully saturated rings. The number of hydrogen-bond donors (Lipinski definition) is 0. The Bertz CT molecular complexity index is 526. The highest BCUT2D eigenvalue weighted by atomic mass is 31.1. The Hall–Kier alpha value is -1.13. The first-order valence-electron chi connectivity index (χ1n) is 7.57. The van der Waals surface area contributed by atoms with Gasteiger partial charge >= 0.3 is 0 Å². The highest BCUT2D eigenvalue weighted by Gasteiger charge is 2.04. The van der Waals surface area contributed by atoms with Crippen molar-refractivity contribution < 1.29 is 0 Å². The fraction of sp³-hybridized carbons (Fsp3) is 0.368. The van der Waals surface area contributed by atoms with E-state index in [4.69, 9.17) is 0 Å². The van der Waals surface area contributed by atoms with Crippen LogP contribution in [-0.4, -0.2) is 0 Å². The van der Waals surface area contributed by atoms with Crippen molar-refractivity contribution in [2.24, 2.45) is 5.92 Å². The van der Waals surface area contributed by atoms with Gasteiger partial charge in [0.15, 0.2) is 0 Å². The minimum absolute atomic E-state index is 0.778. The molecule has 0 spiro atoms. The molecule has 0 aromatic heterocycles. The van der Waals surface area contributed by atoms with Crippen LogP contribution in [0.1, 0.15) is 37.8 Å². The number of aryl methyl sites for hydroxylation is 2. The van der Waals surface area contributed by atoms with E-state index in [0.29, 0.717) is 0 Å². The fourth-order valence-electron chi connectivity index (χ4n) is 2.35. The van der Waals surface area contributed by atoms with Crippen LogP contribution in [0.2, 0.25) is 0 Å². The van der Waals surface area contributed by atoms with Gasteiger partial charge in [-0.1, -0.05) is 82.9 Å². The van der Waals surface area contributed by atoms with E-state index in [0.717, 1.165) is 14.5 Å². The lowest BCUT2D eigenvalue weighted by molar-refractivity contribution is 0.556. The third kappa shape index (κ3) is 4.76. The first kappa shape index (κ1) is 15.3. The molecule has 0 aliphatic heterocycles. The van der Waals surface area contributed by atoms with Gasteiger partial charge in [0.25, 0.3) is 0 Å². The summed E-state index contributed by atoms with van der Waals surface area (Å²) in [6.07, 6.45) is 3.84. The van der Waals surface area contributed by atoms with E-state index in [1.807, 2.05) is 0 Å². The molecule has 106 valence electrons. The van der Waals surface area contributed by atoms with Crippen molar-refractivity contribution in [3.05, 3.63) is 59.7 Å². The first-order valence-corrected chi connectivity index (χ1v) is 8.57. The number of rotatable bonds is 6. The monoisotopic (exact) mass is 284 g/mol. The summed E-state index contributed by atoms with van der Waals surface area (Å²) in [5, 5.41) is 2.95. The van der Waals surface area contributed by atoms with Crippen molar-refractivity contribution in [1.82, 2.24) is 0 Å². The van der Waals surface area contributed by atoms with E-state index in [1.54, 1.807) is 0 Å². The van der Waals surface area contributed by atoms with Gasteiger partial charge in [0.2, 0.25) is 0 Å². The Kier molecular flexibility index (Phi) is 5.80. The van der Waals surface area contributed by atoms with Crippen molar-refractivity contribution in [2.45, 2.75) is 40.0 Å². The summed E-state index contributed by atoms with van der Waals surface area (Å²) in [6, 6.07) is 17.9. The SMILES string of the molecule is Cc1ccc(Pc2ccccc2CCCC(C)C)cc1. The van der Waals surface area contributed by atoms with Crippen LogP contribution in [0.15, 0.2) is 48.5 Å². The van der Waals surface area contributed by atoms with Gasteiger partial charge in [-0.25, -0.2) is 0 Å². The maximum atomic E-state index is 2.31. The summed E-state index contributed by atoms with van der Waals surface area (Å²) in [5.41, 5.74) is 2.87. The molecule has 2 aromatic rings. The summed E-state index contributed by atoms with van der Waals surface area (Å²) in [4.78, 5) is 0. The molecule has 0 heterocycles. The van der Waals surface area contributed by atoms with Crippen LogP contribution >= 0.6 is 8.58 Å². The van der Waals surface area contributed by atoms with E-state index in [-0.39, 0.29) is 0 Å². The number of hydrogen-bond acceptors (Lipinski definition) is 0. The molecule has 0 radical (unpaired) electrons. The van der Waals surface area contributed by atoms with E-state index < -0.39 is 0 Å². The molecule has 0 aliphatic carbocycles. The van der Waals surface area contributed by atoms with Gasteiger partial charge in [-0.3, -0.25) is 0 Å². The largest absolute Gasteiger partial charge is 0.0628 e. The maximum Gasteiger partial charge on any atom is -0.0194 e. The number of benzene rings is 2. The van der Waals surface area contributed by atoms with Crippen molar-refractivity contribution in [3.63, 3.8) is 0 Å². The van der Waals surface area contributed by atoms with Crippen LogP contribution in [0.4, 0.5) is 0 Å². The minimum Gasteiger partial charge on any atom is -0.0628 e. The average molecular weight is 284 g/mol. The highest BCUT2D eigenvalue weighted by molar-refractivity contribution is 7.55. The quantitative estimate of drug-likeness (QED) is 0.680. The molecule has 1 heteroatoms. The van der Waals surface area contributed by atoms with Crippen molar-refractivity contribution in [3.8, 4) is 0 Å². The second-order valence-corrected chi connectivity index (χ2v) is 7.30. The first-order chi connectivity index (χ1) is 9.65. The van der Waals surface area contributed by atoms with Crippen LogP contribution < -0.4 is 10.6 Å². The molecular weight excluding hydrogens is 259 g/mol. The van der Waals surface area contributed by atoms with Crippen LogP contribution in [-0.2, 0) is 6.42 Å². The molecule has 0 N–H and O–H groups in total. The van der Waals surface area contributed by atoms with E-state index in [1.165, 1.54) is 41.0 Å². The second-order valence-electron chi connectivity index (χ2n) is 5.93. The maximum absolute atomic E-state index is 2.31. The van der Waals surface area contributed by atoms with Crippen LogP contribution in [0, 0.1) is 12.8 Å². The zero-order valence-corrected chi connectivity index (χ0v) is 13.8. The lowest BCUT2D eigenvalue weighted by Gasteiger charge is -2.11. The predicted molar refractivity (Wildman–Crippen MR) is 93.0 cm³/mol. The summed E-state index contributed by atoms with van der Waals surface area (Å²) >= 11 is 0. The van der Waals surface area contributed by atoms with E-state index in [9.17, 15) is 0 Å². The lowest BCUT2D eigenvalue weighted by Crippen LogP contribution is -2.09. The topological polar surface area (TPSA) is 0 Å². The Morgan fingerprint density at radius 3 is 2.35 bits per heavy atom. The van der Waals surface area contributed by atoms with Gasteiger partial charge in [-0.05, 0) is 41.9 Å². The average Bonchev–Trinajstić information content (AvgIpc) is 2.43. The third-order valence-electron chi connectivity index (χ3n) is 3.58. The Balaban J connectivity index is 2.05. The van der Waals surface area contributed by atoms with Gasteiger partial charge in [0.05, 0.1) is 0 Å². The molecule has 1 unspecified atom stereocenters. The molecule has 0 nitrogen and oxygen atoms in total. The summed E-state index contributed by atoms with van der Waals surface area (Å²) in [5.74, 6) is 0.807. The molecule has 0 aliphatic rings. The molecule has 2 rings (SSSR count). The van der Waals surface area contributed by atoms with Gasteiger partial charge in [0.1, 0.15) is 0 Å². The molecule has 20 heavy (non-hydrogen) atoms. The minimum atomic E-state index is 0.778. The molecular formula is C19H25P. The summed E-state index contributed by atoms with van der Waals surface area (Å²) in [6.45, 7) is 6.76. The summed E-state index contributed by atoms with van der Waals surface area (Å²) < 4.78 is 0. The lowest BCUT2D eigenvalue weighted by atomic mass is 10.0. The molecule has 0 saturated carbocycles. The van der Waals surface area contributed by atoms with E-state index >= 15 is 0 Å². The van der Waals surface area contributed by atoms with Gasteiger partial charge in [-0.15, -0.1) is 0 Å². The second kappa shape index (κ2) is 7.60. The van der Waals surface area contributed by atoms with Crippen molar-refractivity contribution in [1.29, 1.82) is 0 Å². The Morgan fingerprint density at radius 2 is 1.65 bits per heavy atom. The smallest absolute Gasteiger partial charge is 0.0194 e. The van der Waals surface area contributed by atoms with E-state index in [2.05, 4.69) is 69.3 Å². The van der Waals surface area contributed by atoms with Crippen molar-refractivity contribution in [2.75, 3.05) is 0 Å². The highest BCUT2D eigenvalue weighted by Crippen LogP contribution is 2.17. The van der Waals surface area contributed by atoms with Crippen LogP contribution in [0.3, 0.4) is 0 Å². The third-order valence-corrected chi connectivity index (χ3v) is 4.95. The molecule has 0 saturated heterocycles. The zero-order chi connectivity index (χ0) is 14.4. The zero-order valence-electron chi connectivity index (χ0n) is 12.8. The van der Waals surface area contributed by atoms with Gasteiger partial charge in [-0.2, -0.15) is 0 Å². The van der Waals surface area contributed by atoms with Crippen LogP contribution in [0.25, 0.3) is 0 Å². The normalized spacial score (nSPS) is 11.6. The predicted octanol–water partition coefficient (Wildman–Crippen LogP) is 4.60. The molecule has 2 aromatic carbocycles. The molecule has 0 bridgehead atoms. The molecule has 0 amide bonds. The van der Waals surface area contributed by atoms with Crippen LogP contribution in [0.5, 0.6) is 0 Å².